The Labute approximate surface area is 136 Å². The molecular formula is C14H12BrClN2O2S. The zero-order chi connectivity index (χ0) is 15.0. The summed E-state index contributed by atoms with van der Waals surface area (Å²) < 4.78 is 28.1. The highest BCUT2D eigenvalue weighted by molar-refractivity contribution is 9.10. The maximum absolute atomic E-state index is 12.4. The van der Waals surface area contributed by atoms with E-state index in [4.69, 9.17) is 11.6 Å². The molecule has 4 nitrogen and oxygen atoms in total. The number of rotatable bonds is 3. The second-order valence-electron chi connectivity index (χ2n) is 4.73. The minimum absolute atomic E-state index is 0.0611. The van der Waals surface area contributed by atoms with E-state index in [1.54, 1.807) is 18.2 Å². The standard InChI is InChI=1S/C14H12BrClN2O2S/c15-10-1-4-14(12(16)8-10)21(19,20)18-11-2-3-13-9(7-11)5-6-17-13/h1-4,7-8,17-18H,5-6H2. The highest BCUT2D eigenvalue weighted by Gasteiger charge is 2.19. The molecule has 0 bridgehead atoms. The molecule has 0 fully saturated rings. The molecule has 3 rings (SSSR count). The number of halogens is 2. The lowest BCUT2D eigenvalue weighted by Gasteiger charge is -2.11. The van der Waals surface area contributed by atoms with Crippen LogP contribution in [-0.4, -0.2) is 15.0 Å². The molecule has 110 valence electrons. The SMILES string of the molecule is O=S(=O)(Nc1ccc2c(c1)CCN2)c1ccc(Br)cc1Cl. The minimum atomic E-state index is -3.70. The monoisotopic (exact) mass is 386 g/mol. The number of hydrogen-bond acceptors (Lipinski definition) is 3. The van der Waals surface area contributed by atoms with E-state index in [1.165, 1.54) is 6.07 Å². The summed E-state index contributed by atoms with van der Waals surface area (Å²) in [5.74, 6) is 0. The van der Waals surface area contributed by atoms with E-state index in [-0.39, 0.29) is 9.92 Å². The lowest BCUT2D eigenvalue weighted by Crippen LogP contribution is -2.13. The lowest BCUT2D eigenvalue weighted by atomic mass is 10.1. The van der Waals surface area contributed by atoms with Crippen molar-refractivity contribution < 1.29 is 8.42 Å². The van der Waals surface area contributed by atoms with Gasteiger partial charge in [-0.25, -0.2) is 8.42 Å². The molecule has 0 saturated heterocycles. The Morgan fingerprint density at radius 1 is 1.19 bits per heavy atom. The summed E-state index contributed by atoms with van der Waals surface area (Å²) in [6.07, 6.45) is 0.893. The maximum atomic E-state index is 12.4. The highest BCUT2D eigenvalue weighted by atomic mass is 79.9. The quantitative estimate of drug-likeness (QED) is 0.840. The molecule has 0 aromatic heterocycles. The first-order valence-corrected chi connectivity index (χ1v) is 8.96. The average Bonchev–Trinajstić information content (AvgIpc) is 2.85. The Morgan fingerprint density at radius 2 is 2.00 bits per heavy atom. The highest BCUT2D eigenvalue weighted by Crippen LogP contribution is 2.29. The molecule has 1 aliphatic heterocycles. The van der Waals surface area contributed by atoms with Crippen molar-refractivity contribution in [1.82, 2.24) is 0 Å². The van der Waals surface area contributed by atoms with Crippen LogP contribution in [0, 0.1) is 0 Å². The van der Waals surface area contributed by atoms with E-state index in [1.807, 2.05) is 12.1 Å². The summed E-state index contributed by atoms with van der Waals surface area (Å²) in [6, 6.07) is 10.1. The molecule has 2 aromatic rings. The topological polar surface area (TPSA) is 58.2 Å². The van der Waals surface area contributed by atoms with Crippen LogP contribution in [0.5, 0.6) is 0 Å². The van der Waals surface area contributed by atoms with E-state index in [0.29, 0.717) is 5.69 Å². The van der Waals surface area contributed by atoms with Gasteiger partial charge in [-0.2, -0.15) is 0 Å². The van der Waals surface area contributed by atoms with Gasteiger partial charge in [0.1, 0.15) is 4.90 Å². The van der Waals surface area contributed by atoms with Gasteiger partial charge in [0.2, 0.25) is 0 Å². The molecule has 1 heterocycles. The van der Waals surface area contributed by atoms with Gasteiger partial charge in [0, 0.05) is 22.4 Å². The van der Waals surface area contributed by atoms with Crippen LogP contribution in [0.2, 0.25) is 5.02 Å². The second-order valence-corrected chi connectivity index (χ2v) is 7.70. The van der Waals surface area contributed by atoms with Crippen LogP contribution in [0.3, 0.4) is 0 Å². The van der Waals surface area contributed by atoms with Gasteiger partial charge < -0.3 is 5.32 Å². The van der Waals surface area contributed by atoms with Crippen molar-refractivity contribution >= 4 is 48.9 Å². The summed E-state index contributed by atoms with van der Waals surface area (Å²) in [6.45, 7) is 0.879. The Bertz CT molecular complexity index is 809. The molecule has 0 atom stereocenters. The van der Waals surface area contributed by atoms with Gasteiger partial charge in [-0.15, -0.1) is 0 Å². The van der Waals surface area contributed by atoms with Crippen molar-refractivity contribution in [2.24, 2.45) is 0 Å². The minimum Gasteiger partial charge on any atom is -0.384 e. The third-order valence-electron chi connectivity index (χ3n) is 3.25. The number of hydrogen-bond donors (Lipinski definition) is 2. The van der Waals surface area contributed by atoms with Gasteiger partial charge in [-0.1, -0.05) is 27.5 Å². The number of sulfonamides is 1. The van der Waals surface area contributed by atoms with E-state index in [9.17, 15) is 8.42 Å². The number of nitrogens with one attached hydrogen (secondary N) is 2. The summed E-state index contributed by atoms with van der Waals surface area (Å²) in [5, 5.41) is 3.41. The van der Waals surface area contributed by atoms with Gasteiger partial charge in [0.05, 0.1) is 5.02 Å². The van der Waals surface area contributed by atoms with E-state index in [2.05, 4.69) is 26.0 Å². The molecule has 1 aliphatic rings. The molecule has 2 aromatic carbocycles. The fourth-order valence-corrected chi connectivity index (χ4v) is 4.36. The fourth-order valence-electron chi connectivity index (χ4n) is 2.27. The van der Waals surface area contributed by atoms with Crippen LogP contribution in [0.4, 0.5) is 11.4 Å². The molecule has 21 heavy (non-hydrogen) atoms. The zero-order valence-corrected chi connectivity index (χ0v) is 14.0. The van der Waals surface area contributed by atoms with E-state index < -0.39 is 10.0 Å². The fraction of sp³-hybridized carbons (Fsp3) is 0.143. The lowest BCUT2D eigenvalue weighted by molar-refractivity contribution is 0.601. The third kappa shape index (κ3) is 3.02. The van der Waals surface area contributed by atoms with E-state index >= 15 is 0 Å². The van der Waals surface area contributed by atoms with Gasteiger partial charge in [-0.3, -0.25) is 4.72 Å². The Hall–Kier alpha value is -1.24. The molecule has 0 radical (unpaired) electrons. The Kier molecular flexibility index (Phi) is 3.86. The first-order chi connectivity index (χ1) is 9.95. The zero-order valence-electron chi connectivity index (χ0n) is 10.9. The molecule has 7 heteroatoms. The smallest absolute Gasteiger partial charge is 0.263 e. The normalized spacial score (nSPS) is 13.6. The molecule has 0 aliphatic carbocycles. The number of benzene rings is 2. The first kappa shape index (κ1) is 14.7. The summed E-state index contributed by atoms with van der Waals surface area (Å²) in [5.41, 5.74) is 2.70. The van der Waals surface area contributed by atoms with Crippen LogP contribution in [0.25, 0.3) is 0 Å². The largest absolute Gasteiger partial charge is 0.384 e. The summed E-state index contributed by atoms with van der Waals surface area (Å²) >= 11 is 9.27. The van der Waals surface area contributed by atoms with Gasteiger partial charge in [0.15, 0.2) is 0 Å². The third-order valence-corrected chi connectivity index (χ3v) is 5.61. The van der Waals surface area contributed by atoms with Gasteiger partial charge in [-0.05, 0) is 48.4 Å². The maximum Gasteiger partial charge on any atom is 0.263 e. The average molecular weight is 388 g/mol. The van der Waals surface area contributed by atoms with Crippen molar-refractivity contribution in [3.05, 3.63) is 51.5 Å². The molecule has 0 spiro atoms. The molecule has 0 unspecified atom stereocenters. The molecular weight excluding hydrogens is 376 g/mol. The molecule has 0 saturated carbocycles. The van der Waals surface area contributed by atoms with Crippen molar-refractivity contribution in [1.29, 1.82) is 0 Å². The van der Waals surface area contributed by atoms with Crippen molar-refractivity contribution in [2.75, 3.05) is 16.6 Å². The Balaban J connectivity index is 1.92. The van der Waals surface area contributed by atoms with Crippen molar-refractivity contribution in [3.8, 4) is 0 Å². The van der Waals surface area contributed by atoms with Crippen LogP contribution in [0.15, 0.2) is 45.8 Å². The number of fused-ring (bicyclic) bond motifs is 1. The van der Waals surface area contributed by atoms with Crippen molar-refractivity contribution in [3.63, 3.8) is 0 Å². The molecule has 0 amide bonds. The predicted molar refractivity (Wildman–Crippen MR) is 88.6 cm³/mol. The van der Waals surface area contributed by atoms with Crippen LogP contribution in [-0.2, 0) is 16.4 Å². The van der Waals surface area contributed by atoms with Crippen LogP contribution >= 0.6 is 27.5 Å². The van der Waals surface area contributed by atoms with Crippen LogP contribution in [0.1, 0.15) is 5.56 Å². The van der Waals surface area contributed by atoms with E-state index in [0.717, 1.165) is 28.7 Å². The van der Waals surface area contributed by atoms with Crippen LogP contribution < -0.4 is 10.0 Å². The summed E-state index contributed by atoms with van der Waals surface area (Å²) in [7, 11) is -3.70. The predicted octanol–water partition coefficient (Wildman–Crippen LogP) is 3.87. The van der Waals surface area contributed by atoms with Gasteiger partial charge >= 0.3 is 0 Å². The number of anilines is 2. The Morgan fingerprint density at radius 3 is 2.76 bits per heavy atom. The first-order valence-electron chi connectivity index (χ1n) is 6.30. The second kappa shape index (κ2) is 5.51. The van der Waals surface area contributed by atoms with Crippen molar-refractivity contribution in [2.45, 2.75) is 11.3 Å². The molecule has 2 N–H and O–H groups in total. The van der Waals surface area contributed by atoms with Gasteiger partial charge in [0.25, 0.3) is 10.0 Å². The summed E-state index contributed by atoms with van der Waals surface area (Å²) in [4.78, 5) is 0.0611.